The molecule has 0 aliphatic carbocycles. The van der Waals surface area contributed by atoms with Gasteiger partial charge in [-0.05, 0) is 20.9 Å². The summed E-state index contributed by atoms with van der Waals surface area (Å²) in [6, 6.07) is 0. The number of nitrogens with zero attached hydrogens (tertiary/aromatic N) is 2. The van der Waals surface area contributed by atoms with E-state index in [1.807, 2.05) is 30.7 Å². The second-order valence-electron chi connectivity index (χ2n) is 4.52. The molecule has 5 nitrogen and oxygen atoms in total. The van der Waals surface area contributed by atoms with Gasteiger partial charge in [0.05, 0.1) is 25.4 Å². The van der Waals surface area contributed by atoms with E-state index in [0.717, 1.165) is 0 Å². The van der Waals surface area contributed by atoms with E-state index < -0.39 is 0 Å². The van der Waals surface area contributed by atoms with Gasteiger partial charge < -0.3 is 14.7 Å². The molecule has 0 saturated carbocycles. The predicted molar refractivity (Wildman–Crippen MR) is 61.2 cm³/mol. The molecule has 0 aromatic rings. The van der Waals surface area contributed by atoms with E-state index in [-0.39, 0.29) is 24.7 Å². The molecule has 5 heteroatoms. The Morgan fingerprint density at radius 2 is 2.00 bits per heavy atom. The first-order chi connectivity index (χ1) is 7.52. The van der Waals surface area contributed by atoms with Crippen LogP contribution in [0.1, 0.15) is 13.8 Å². The number of morpholine rings is 1. The lowest BCUT2D eigenvalue weighted by molar-refractivity contribution is -0.144. The van der Waals surface area contributed by atoms with Gasteiger partial charge in [0, 0.05) is 19.6 Å². The van der Waals surface area contributed by atoms with Crippen molar-refractivity contribution in [2.24, 2.45) is 0 Å². The van der Waals surface area contributed by atoms with Crippen molar-refractivity contribution in [2.45, 2.75) is 26.1 Å². The number of carbonyl (C=O) groups is 1. The van der Waals surface area contributed by atoms with Crippen LogP contribution in [0.4, 0.5) is 0 Å². The number of likely N-dealkylation sites (N-methyl/N-ethyl adjacent to an activating group) is 1. The standard InChI is InChI=1S/C11H22N2O3/c1-9-6-13(7-10(2)16-9)11(15)8-12(3)4-5-14/h9-10,14H,4-8H2,1-3H3. The van der Waals surface area contributed by atoms with Crippen LogP contribution in [-0.4, -0.2) is 72.9 Å². The van der Waals surface area contributed by atoms with Crippen LogP contribution < -0.4 is 0 Å². The van der Waals surface area contributed by atoms with E-state index >= 15 is 0 Å². The lowest BCUT2D eigenvalue weighted by Gasteiger charge is -2.36. The molecule has 16 heavy (non-hydrogen) atoms. The van der Waals surface area contributed by atoms with Gasteiger partial charge in [-0.3, -0.25) is 9.69 Å². The maximum absolute atomic E-state index is 11.9. The predicted octanol–water partition coefficient (Wildman–Crippen LogP) is -0.454. The average molecular weight is 230 g/mol. The summed E-state index contributed by atoms with van der Waals surface area (Å²) >= 11 is 0. The third kappa shape index (κ3) is 4.08. The minimum Gasteiger partial charge on any atom is -0.395 e. The first-order valence-electron chi connectivity index (χ1n) is 5.75. The van der Waals surface area contributed by atoms with E-state index in [9.17, 15) is 4.79 Å². The fourth-order valence-corrected chi connectivity index (χ4v) is 1.96. The largest absolute Gasteiger partial charge is 0.395 e. The molecule has 1 heterocycles. The summed E-state index contributed by atoms with van der Waals surface area (Å²) in [6.07, 6.45) is 0.215. The van der Waals surface area contributed by atoms with E-state index in [4.69, 9.17) is 9.84 Å². The summed E-state index contributed by atoms with van der Waals surface area (Å²) in [5.41, 5.74) is 0. The molecule has 0 bridgehead atoms. The Labute approximate surface area is 97.0 Å². The maximum Gasteiger partial charge on any atom is 0.236 e. The molecule has 1 N–H and O–H groups in total. The highest BCUT2D eigenvalue weighted by molar-refractivity contribution is 5.78. The second kappa shape index (κ2) is 6.18. The van der Waals surface area contributed by atoms with Crippen LogP contribution in [0, 0.1) is 0 Å². The van der Waals surface area contributed by atoms with E-state index in [0.29, 0.717) is 26.2 Å². The smallest absolute Gasteiger partial charge is 0.236 e. The van der Waals surface area contributed by atoms with Crippen LogP contribution >= 0.6 is 0 Å². The number of rotatable bonds is 4. The van der Waals surface area contributed by atoms with Crippen LogP contribution in [0.2, 0.25) is 0 Å². The van der Waals surface area contributed by atoms with Gasteiger partial charge in [-0.25, -0.2) is 0 Å². The third-order valence-corrected chi connectivity index (χ3v) is 2.66. The number of carbonyl (C=O) groups excluding carboxylic acids is 1. The zero-order valence-electron chi connectivity index (χ0n) is 10.3. The fraction of sp³-hybridized carbons (Fsp3) is 0.909. The van der Waals surface area contributed by atoms with Crippen molar-refractivity contribution in [3.8, 4) is 0 Å². The van der Waals surface area contributed by atoms with Gasteiger partial charge in [-0.2, -0.15) is 0 Å². The lowest BCUT2D eigenvalue weighted by atomic mass is 10.2. The van der Waals surface area contributed by atoms with Gasteiger partial charge in [-0.15, -0.1) is 0 Å². The molecule has 1 aliphatic heterocycles. The molecule has 2 unspecified atom stereocenters. The van der Waals surface area contributed by atoms with Crippen molar-refractivity contribution in [3.05, 3.63) is 0 Å². The van der Waals surface area contributed by atoms with Crippen LogP contribution in [0.15, 0.2) is 0 Å². The molecule has 1 rings (SSSR count). The Hall–Kier alpha value is -0.650. The first kappa shape index (κ1) is 13.4. The number of amides is 1. The number of aliphatic hydroxyl groups excluding tert-OH is 1. The van der Waals surface area contributed by atoms with E-state index in [1.54, 1.807) is 0 Å². The summed E-state index contributed by atoms with van der Waals surface area (Å²) in [4.78, 5) is 15.6. The van der Waals surface area contributed by atoms with Crippen molar-refractivity contribution in [2.75, 3.05) is 39.8 Å². The third-order valence-electron chi connectivity index (χ3n) is 2.66. The Balaban J connectivity index is 2.40. The van der Waals surface area contributed by atoms with Crippen molar-refractivity contribution < 1.29 is 14.6 Å². The van der Waals surface area contributed by atoms with Gasteiger partial charge in [0.1, 0.15) is 0 Å². The summed E-state index contributed by atoms with van der Waals surface area (Å²) in [5.74, 6) is 0.109. The van der Waals surface area contributed by atoms with Crippen molar-refractivity contribution in [1.29, 1.82) is 0 Å². The quantitative estimate of drug-likeness (QED) is 0.710. The van der Waals surface area contributed by atoms with Crippen LogP contribution in [0.5, 0.6) is 0 Å². The zero-order chi connectivity index (χ0) is 12.1. The summed E-state index contributed by atoms with van der Waals surface area (Å²) in [6.45, 7) is 6.26. The van der Waals surface area contributed by atoms with Crippen molar-refractivity contribution >= 4 is 5.91 Å². The molecule has 0 spiro atoms. The Kier molecular flexibility index (Phi) is 5.18. The van der Waals surface area contributed by atoms with Gasteiger partial charge in [0.15, 0.2) is 0 Å². The Morgan fingerprint density at radius 1 is 1.44 bits per heavy atom. The summed E-state index contributed by atoms with van der Waals surface area (Å²) in [5, 5.41) is 8.76. The summed E-state index contributed by atoms with van der Waals surface area (Å²) < 4.78 is 5.57. The van der Waals surface area contributed by atoms with Crippen LogP contribution in [-0.2, 0) is 9.53 Å². The monoisotopic (exact) mass is 230 g/mol. The molecule has 1 saturated heterocycles. The topological polar surface area (TPSA) is 53.0 Å². The second-order valence-corrected chi connectivity index (χ2v) is 4.52. The van der Waals surface area contributed by atoms with Crippen molar-refractivity contribution in [3.63, 3.8) is 0 Å². The lowest BCUT2D eigenvalue weighted by Crippen LogP contribution is -2.50. The maximum atomic E-state index is 11.9. The molecule has 2 atom stereocenters. The number of ether oxygens (including phenoxy) is 1. The normalized spacial score (nSPS) is 26.2. The molecule has 1 fully saturated rings. The molecule has 1 aliphatic rings. The van der Waals surface area contributed by atoms with Gasteiger partial charge >= 0.3 is 0 Å². The van der Waals surface area contributed by atoms with Crippen molar-refractivity contribution in [1.82, 2.24) is 9.80 Å². The molecular weight excluding hydrogens is 208 g/mol. The zero-order valence-corrected chi connectivity index (χ0v) is 10.3. The number of aliphatic hydroxyl groups is 1. The van der Waals surface area contributed by atoms with Gasteiger partial charge in [0.2, 0.25) is 5.91 Å². The molecule has 0 radical (unpaired) electrons. The Bertz CT molecular complexity index is 225. The Morgan fingerprint density at radius 3 is 2.50 bits per heavy atom. The van der Waals surface area contributed by atoms with E-state index in [2.05, 4.69) is 0 Å². The molecule has 0 aromatic heterocycles. The molecule has 94 valence electrons. The highest BCUT2D eigenvalue weighted by Crippen LogP contribution is 2.10. The average Bonchev–Trinajstić information content (AvgIpc) is 2.16. The first-order valence-corrected chi connectivity index (χ1v) is 5.75. The summed E-state index contributed by atoms with van der Waals surface area (Å²) in [7, 11) is 1.83. The van der Waals surface area contributed by atoms with Gasteiger partial charge in [0.25, 0.3) is 0 Å². The molecule has 1 amide bonds. The van der Waals surface area contributed by atoms with Crippen LogP contribution in [0.25, 0.3) is 0 Å². The molecular formula is C11H22N2O3. The number of hydrogen-bond donors (Lipinski definition) is 1. The van der Waals surface area contributed by atoms with Crippen LogP contribution in [0.3, 0.4) is 0 Å². The minimum atomic E-state index is 0.0830. The highest BCUT2D eigenvalue weighted by Gasteiger charge is 2.25. The molecule has 0 aromatic carbocycles. The highest BCUT2D eigenvalue weighted by atomic mass is 16.5. The SMILES string of the molecule is CC1CN(C(=O)CN(C)CCO)CC(C)O1. The van der Waals surface area contributed by atoms with Gasteiger partial charge in [-0.1, -0.05) is 0 Å². The van der Waals surface area contributed by atoms with E-state index in [1.165, 1.54) is 0 Å². The fourth-order valence-electron chi connectivity index (χ4n) is 1.96. The number of hydrogen-bond acceptors (Lipinski definition) is 4. The minimum absolute atomic E-state index is 0.0830.